The second-order valence-corrected chi connectivity index (χ2v) is 8.82. The van der Waals surface area contributed by atoms with Crippen LogP contribution in [0, 0.1) is 5.92 Å². The minimum Gasteiger partial charge on any atom is -0.455 e. The molecule has 0 aromatic carbocycles. The van der Waals surface area contributed by atoms with E-state index in [1.165, 1.54) is 6.42 Å². The van der Waals surface area contributed by atoms with Crippen LogP contribution >= 0.6 is 0 Å². The van der Waals surface area contributed by atoms with Crippen LogP contribution in [-0.4, -0.2) is 35.8 Å². The lowest BCUT2D eigenvalue weighted by Gasteiger charge is -2.26. The molecule has 0 aliphatic heterocycles. The van der Waals surface area contributed by atoms with E-state index in [2.05, 4.69) is 10.1 Å². The summed E-state index contributed by atoms with van der Waals surface area (Å²) < 4.78 is 42.4. The number of rotatable bonds is 6. The number of carbonyl (C=O) groups excluding carboxylic acids is 2. The molecule has 2 aliphatic rings. The molecular formula is C23H31F3N2O4. The number of fused-ring (bicyclic) bond motifs is 1. The van der Waals surface area contributed by atoms with Gasteiger partial charge >= 0.3 is 12.1 Å². The zero-order chi connectivity index (χ0) is 23.1. The largest absolute Gasteiger partial charge is 0.455 e. The summed E-state index contributed by atoms with van der Waals surface area (Å²) in [5.74, 6) is -1.57. The quantitative estimate of drug-likeness (QED) is 0.659. The molecule has 1 aromatic rings. The van der Waals surface area contributed by atoms with Gasteiger partial charge in [-0.2, -0.15) is 13.2 Å². The number of esters is 1. The predicted octanol–water partition coefficient (Wildman–Crippen LogP) is 3.92. The molecule has 9 heteroatoms. The van der Waals surface area contributed by atoms with E-state index < -0.39 is 36.8 Å². The summed E-state index contributed by atoms with van der Waals surface area (Å²) in [7, 11) is 0. The zero-order valence-corrected chi connectivity index (χ0v) is 18.3. The van der Waals surface area contributed by atoms with Crippen LogP contribution in [0.4, 0.5) is 13.2 Å². The molecule has 3 rings (SSSR count). The van der Waals surface area contributed by atoms with Crippen LogP contribution in [0.5, 0.6) is 0 Å². The summed E-state index contributed by atoms with van der Waals surface area (Å²) in [6.07, 6.45) is 6.70. The van der Waals surface area contributed by atoms with Gasteiger partial charge in [-0.15, -0.1) is 0 Å². The first kappa shape index (κ1) is 24.3. The highest BCUT2D eigenvalue weighted by atomic mass is 19.4. The van der Waals surface area contributed by atoms with Gasteiger partial charge in [-0.3, -0.25) is 14.4 Å². The Hall–Kier alpha value is -2.32. The minimum atomic E-state index is -4.64. The van der Waals surface area contributed by atoms with Gasteiger partial charge in [0.15, 0.2) is 6.61 Å². The van der Waals surface area contributed by atoms with E-state index in [1.54, 1.807) is 10.6 Å². The van der Waals surface area contributed by atoms with Crippen LogP contribution in [0.1, 0.15) is 79.4 Å². The van der Waals surface area contributed by atoms with Gasteiger partial charge in [-0.25, -0.2) is 0 Å². The summed E-state index contributed by atoms with van der Waals surface area (Å²) in [5, 5.41) is 2.25. The number of hydrogen-bond donors (Lipinski definition) is 1. The average molecular weight is 457 g/mol. The smallest absolute Gasteiger partial charge is 0.422 e. The van der Waals surface area contributed by atoms with Crippen LogP contribution in [0.25, 0.3) is 0 Å². The number of nitrogens with zero attached hydrogens (tertiary/aromatic N) is 1. The van der Waals surface area contributed by atoms with Gasteiger partial charge in [-0.05, 0) is 56.1 Å². The Labute approximate surface area is 185 Å². The van der Waals surface area contributed by atoms with Gasteiger partial charge in [0.25, 0.3) is 11.5 Å². The van der Waals surface area contributed by atoms with Gasteiger partial charge in [0.05, 0.1) is 0 Å². The lowest BCUT2D eigenvalue weighted by atomic mass is 9.88. The molecule has 6 nitrogen and oxygen atoms in total. The van der Waals surface area contributed by atoms with E-state index >= 15 is 0 Å². The van der Waals surface area contributed by atoms with Crippen molar-refractivity contribution in [1.82, 2.24) is 9.88 Å². The van der Waals surface area contributed by atoms with E-state index in [0.29, 0.717) is 12.5 Å². The van der Waals surface area contributed by atoms with Crippen molar-refractivity contribution in [3.05, 3.63) is 33.2 Å². The van der Waals surface area contributed by atoms with Crippen molar-refractivity contribution < 1.29 is 27.5 Å². The van der Waals surface area contributed by atoms with Crippen LogP contribution in [0.2, 0.25) is 0 Å². The van der Waals surface area contributed by atoms with E-state index in [0.717, 1.165) is 75.5 Å². The van der Waals surface area contributed by atoms with Crippen molar-refractivity contribution in [2.45, 2.75) is 83.4 Å². The average Bonchev–Trinajstić information content (AvgIpc) is 2.73. The summed E-state index contributed by atoms with van der Waals surface area (Å²) in [4.78, 5) is 37.5. The Morgan fingerprint density at radius 1 is 1.03 bits per heavy atom. The molecule has 1 fully saturated rings. The fraction of sp³-hybridized carbons (Fsp3) is 0.696. The Morgan fingerprint density at radius 2 is 1.69 bits per heavy atom. The van der Waals surface area contributed by atoms with Crippen LogP contribution in [0.15, 0.2) is 10.9 Å². The number of pyridine rings is 1. The normalized spacial score (nSPS) is 17.7. The van der Waals surface area contributed by atoms with Crippen molar-refractivity contribution in [2.75, 3.05) is 13.2 Å². The molecule has 0 radical (unpaired) electrons. The number of carbonyl (C=O) groups is 2. The molecule has 1 saturated carbocycles. The first-order valence-electron chi connectivity index (χ1n) is 11.5. The topological polar surface area (TPSA) is 77.4 Å². The molecular weight excluding hydrogens is 425 g/mol. The van der Waals surface area contributed by atoms with E-state index in [-0.39, 0.29) is 5.56 Å². The molecule has 1 amide bonds. The van der Waals surface area contributed by atoms with Crippen LogP contribution < -0.4 is 10.9 Å². The summed E-state index contributed by atoms with van der Waals surface area (Å²) >= 11 is 0. The van der Waals surface area contributed by atoms with Gasteiger partial charge in [0, 0.05) is 12.2 Å². The number of ether oxygens (including phenoxy) is 1. The SMILES string of the molecule is O=C(CNC(=O)c1cc2c(n(CC3CCCCC3)c1=O)CCCCCC2)OCC(F)(F)F. The second kappa shape index (κ2) is 11.0. The van der Waals surface area contributed by atoms with E-state index in [1.807, 2.05) is 0 Å². The number of alkyl halides is 3. The highest BCUT2D eigenvalue weighted by molar-refractivity contribution is 5.95. The number of aromatic nitrogens is 1. The minimum absolute atomic E-state index is 0.0660. The summed E-state index contributed by atoms with van der Waals surface area (Å²) in [6, 6.07) is 1.61. The lowest BCUT2D eigenvalue weighted by Crippen LogP contribution is -2.39. The Morgan fingerprint density at radius 3 is 2.38 bits per heavy atom. The fourth-order valence-corrected chi connectivity index (χ4v) is 4.68. The highest BCUT2D eigenvalue weighted by Crippen LogP contribution is 2.27. The molecule has 178 valence electrons. The molecule has 2 aliphatic carbocycles. The highest BCUT2D eigenvalue weighted by Gasteiger charge is 2.30. The Kier molecular flexibility index (Phi) is 8.37. The maximum absolute atomic E-state index is 13.3. The maximum Gasteiger partial charge on any atom is 0.422 e. The molecule has 0 bridgehead atoms. The maximum atomic E-state index is 13.3. The molecule has 1 N–H and O–H groups in total. The first-order valence-corrected chi connectivity index (χ1v) is 11.5. The van der Waals surface area contributed by atoms with Crippen molar-refractivity contribution >= 4 is 11.9 Å². The third kappa shape index (κ3) is 6.84. The first-order chi connectivity index (χ1) is 15.2. The molecule has 0 spiro atoms. The van der Waals surface area contributed by atoms with Crippen molar-refractivity contribution in [1.29, 1.82) is 0 Å². The standard InChI is InChI=1S/C23H31F3N2O4/c24-23(25,26)15-32-20(29)13-27-21(30)18-12-17-10-6-1-2-7-11-19(17)28(22(18)31)14-16-8-4-3-5-9-16/h12,16H,1-11,13-15H2,(H,27,30). The van der Waals surface area contributed by atoms with E-state index in [9.17, 15) is 27.6 Å². The van der Waals surface area contributed by atoms with Gasteiger partial charge in [0.2, 0.25) is 0 Å². The van der Waals surface area contributed by atoms with Gasteiger partial charge < -0.3 is 14.6 Å². The van der Waals surface area contributed by atoms with Crippen molar-refractivity contribution in [2.24, 2.45) is 5.92 Å². The molecule has 0 saturated heterocycles. The monoisotopic (exact) mass is 456 g/mol. The molecule has 32 heavy (non-hydrogen) atoms. The summed E-state index contributed by atoms with van der Waals surface area (Å²) in [6.45, 7) is -1.86. The molecule has 1 aromatic heterocycles. The Bertz CT molecular complexity index is 873. The molecule has 0 unspecified atom stereocenters. The number of aryl methyl sites for hydroxylation is 1. The van der Waals surface area contributed by atoms with Gasteiger partial charge in [0.1, 0.15) is 12.1 Å². The lowest BCUT2D eigenvalue weighted by molar-refractivity contribution is -0.185. The van der Waals surface area contributed by atoms with Crippen molar-refractivity contribution in [3.8, 4) is 0 Å². The Balaban J connectivity index is 1.80. The number of halogens is 3. The summed E-state index contributed by atoms with van der Waals surface area (Å²) in [5.41, 5.74) is 1.52. The van der Waals surface area contributed by atoms with Crippen molar-refractivity contribution in [3.63, 3.8) is 0 Å². The predicted molar refractivity (Wildman–Crippen MR) is 113 cm³/mol. The third-order valence-electron chi connectivity index (χ3n) is 6.30. The second-order valence-electron chi connectivity index (χ2n) is 8.82. The third-order valence-corrected chi connectivity index (χ3v) is 6.30. The zero-order valence-electron chi connectivity index (χ0n) is 18.3. The number of amides is 1. The number of nitrogens with one attached hydrogen (secondary N) is 1. The fourth-order valence-electron chi connectivity index (χ4n) is 4.68. The number of hydrogen-bond acceptors (Lipinski definition) is 4. The van der Waals surface area contributed by atoms with Crippen LogP contribution in [-0.2, 0) is 28.9 Å². The molecule has 1 heterocycles. The van der Waals surface area contributed by atoms with Crippen LogP contribution in [0.3, 0.4) is 0 Å². The van der Waals surface area contributed by atoms with Gasteiger partial charge in [-0.1, -0.05) is 32.1 Å². The molecule has 0 atom stereocenters. The van der Waals surface area contributed by atoms with E-state index in [4.69, 9.17) is 0 Å².